The summed E-state index contributed by atoms with van der Waals surface area (Å²) in [6.45, 7) is 56.2. The van der Waals surface area contributed by atoms with Crippen LogP contribution in [-0.2, 0) is 0 Å². The second kappa shape index (κ2) is 41.6. The number of aromatic nitrogens is 16. The minimum atomic E-state index is -0.223. The van der Waals surface area contributed by atoms with Gasteiger partial charge in [0.15, 0.2) is 23.3 Å². The fourth-order valence-electron chi connectivity index (χ4n) is 16.0. The van der Waals surface area contributed by atoms with Gasteiger partial charge in [-0.2, -0.15) is 39.1 Å². The third-order valence-electron chi connectivity index (χ3n) is 23.6. The van der Waals surface area contributed by atoms with E-state index in [1.54, 1.807) is 16.5 Å². The molecule has 0 aliphatic carbocycles. The summed E-state index contributed by atoms with van der Waals surface area (Å²) in [5, 5.41) is 55.4. The molecule has 0 saturated heterocycles. The van der Waals surface area contributed by atoms with Crippen LogP contribution in [0, 0.1) is 57.8 Å². The Balaban J connectivity index is 0.000000143. The standard InChI is InChI=1S/C29H39N7.C26H25N7.C25H31N7O.C25H31N7/c1-8-10-17-35(18-11-9-2)24-16-15-23(21(4)30-24)31-25-26(29(5,6)7)34-36-27(32-33-28(25)36)22-14-12-13-20(3)19-22;1-4-32(5-2)22-17-16-21(18(3)27-22)28-24-23(19-12-8-6-9-13-19)31-33-25(29-30-26(24)33)20-14-10-7-11-15-20;1-8-31(9-2)20-15-14-19(16(3)26-20)27-21-22(25(4,5)6)30-32-23(28-29-24(21)32)17-10-12-18(33-7)13-11-17;1-8-31(9-2)20-15-14-19(17(4)26-20)27-21-22(25(5,6)7)30-32-23(28-29-24(21)32)18-13-11-10-12-16(18)3/h12-16,19H,8-11,17-18H2,1-7H3;6-17H,4-5H2,1-3H3;10-15H,8-9H2,1-7H3;10-15H,8-9H2,1-7H3. The molecule has 12 heterocycles. The number of aliphatic imine (C=N–C) groups is 4. The number of aryl methyl sites for hydroxylation is 6. The highest BCUT2D eigenvalue weighted by Crippen LogP contribution is 2.38. The Morgan fingerprint density at radius 3 is 0.993 bits per heavy atom. The Morgan fingerprint density at radius 1 is 0.306 bits per heavy atom. The maximum absolute atomic E-state index is 5.27. The van der Waals surface area contributed by atoms with E-state index in [-0.39, 0.29) is 16.2 Å². The number of methoxy groups -OCH3 is 1. The predicted molar refractivity (Wildman–Crippen MR) is 546 cm³/mol. The van der Waals surface area contributed by atoms with Crippen LogP contribution < -0.4 is 24.3 Å². The molecule has 0 N–H and O–H groups in total. The number of anilines is 4. The zero-order chi connectivity index (χ0) is 95.5. The van der Waals surface area contributed by atoms with Crippen molar-refractivity contribution in [1.29, 1.82) is 0 Å². The molecule has 0 atom stereocenters. The molecule has 0 unspecified atom stereocenters. The number of hydrogen-bond donors (Lipinski definition) is 0. The van der Waals surface area contributed by atoms with Crippen molar-refractivity contribution in [2.45, 2.75) is 185 Å². The van der Waals surface area contributed by atoms with E-state index in [1.165, 1.54) is 31.2 Å². The van der Waals surface area contributed by atoms with Crippen molar-refractivity contribution in [2.75, 3.05) is 79.1 Å². The van der Waals surface area contributed by atoms with Gasteiger partial charge in [0.25, 0.3) is 0 Å². The topological polar surface area (TPSA) is 295 Å². The first-order chi connectivity index (χ1) is 64.4. The zero-order valence-electron chi connectivity index (χ0n) is 82.2. The molecule has 0 radical (unpaired) electrons. The van der Waals surface area contributed by atoms with Gasteiger partial charge in [0.05, 0.1) is 69.8 Å². The fraction of sp³-hybridized carbons (Fsp3) is 0.371. The van der Waals surface area contributed by atoms with Gasteiger partial charge in [0.1, 0.15) is 57.6 Å². The maximum Gasteiger partial charge on any atom is 0.206 e. The van der Waals surface area contributed by atoms with E-state index in [4.69, 9.17) is 65.0 Å². The average molecular weight is 1800 g/mol. The summed E-state index contributed by atoms with van der Waals surface area (Å²) in [5.41, 5.74) is 19.7. The van der Waals surface area contributed by atoms with Crippen molar-refractivity contribution < 1.29 is 4.74 Å². The summed E-state index contributed by atoms with van der Waals surface area (Å²) >= 11 is 0. The molecule has 29 nitrogen and oxygen atoms in total. The van der Waals surface area contributed by atoms with Crippen molar-refractivity contribution in [3.05, 3.63) is 245 Å². The average Bonchev–Trinajstić information content (AvgIpc) is 1.62. The number of pyridine rings is 4. The molecule has 692 valence electrons. The van der Waals surface area contributed by atoms with Crippen LogP contribution in [0.5, 0.6) is 5.75 Å². The van der Waals surface area contributed by atoms with Crippen LogP contribution in [0.2, 0.25) is 0 Å². The Kier molecular flexibility index (Phi) is 29.7. The molecule has 0 spiro atoms. The molecule has 134 heavy (non-hydrogen) atoms. The maximum atomic E-state index is 5.27. The molecule has 0 bridgehead atoms. The SMILES string of the molecule is CCCCN(CCCC)c1ccc(N=C2C(C(C)(C)C)=Nn3c2nnc3-c2cccc(C)c2)c(C)n1.CCN(CC)c1ccc(N=C2C(C(C)(C)C)=Nn3c2nnc3-c2ccc(OC)cc2)c(C)n1.CCN(CC)c1ccc(N=C2C(C(C)(C)C)=Nn3c2nnc3-c2ccccc2C)c(C)n1.CCN(CC)c1ccc(N=C2C(c3ccccc3)=Nn3c2nnc3-c2ccccc2)c(C)n1. The van der Waals surface area contributed by atoms with Gasteiger partial charge in [-0.25, -0.2) is 39.9 Å². The van der Waals surface area contributed by atoms with Crippen molar-refractivity contribution in [2.24, 2.45) is 56.6 Å². The summed E-state index contributed by atoms with van der Waals surface area (Å²) in [7, 11) is 1.65. The number of fused-ring (bicyclic) bond motifs is 4. The summed E-state index contributed by atoms with van der Waals surface area (Å²) in [5.74, 6) is 10.1. The Bertz CT molecular complexity index is 6610. The summed E-state index contributed by atoms with van der Waals surface area (Å²) in [4.78, 5) is 48.5. The predicted octanol–water partition coefficient (Wildman–Crippen LogP) is 21.7. The quantitative estimate of drug-likeness (QED) is 0.0486. The molecule has 4 aliphatic rings. The third kappa shape index (κ3) is 20.9. The first kappa shape index (κ1) is 95.7. The molecule has 4 aliphatic heterocycles. The molecular weight excluding hydrogens is 1670 g/mol. The van der Waals surface area contributed by atoms with Gasteiger partial charge in [-0.1, -0.05) is 198 Å². The number of rotatable bonds is 26. The summed E-state index contributed by atoms with van der Waals surface area (Å²) < 4.78 is 12.5. The lowest BCUT2D eigenvalue weighted by atomic mass is 9.87. The van der Waals surface area contributed by atoms with Crippen molar-refractivity contribution in [1.82, 2.24) is 79.4 Å². The van der Waals surface area contributed by atoms with Crippen LogP contribution in [0.1, 0.15) is 206 Å². The van der Waals surface area contributed by atoms with Crippen LogP contribution in [0.3, 0.4) is 0 Å². The minimum Gasteiger partial charge on any atom is -0.497 e. The van der Waals surface area contributed by atoms with E-state index < -0.39 is 0 Å². The van der Waals surface area contributed by atoms with Gasteiger partial charge in [0, 0.05) is 96.4 Å². The van der Waals surface area contributed by atoms with Gasteiger partial charge in [-0.05, 0) is 180 Å². The number of unbranched alkanes of at least 4 members (excludes halogenated alkanes) is 2. The fourth-order valence-corrected chi connectivity index (χ4v) is 16.0. The lowest BCUT2D eigenvalue weighted by Gasteiger charge is -2.24. The molecule has 13 aromatic rings. The first-order valence-corrected chi connectivity index (χ1v) is 46.8. The van der Waals surface area contributed by atoms with Gasteiger partial charge < -0.3 is 24.3 Å². The summed E-state index contributed by atoms with van der Waals surface area (Å²) in [6, 6.07) is 60.5. The Hall–Kier alpha value is -14.4. The van der Waals surface area contributed by atoms with Crippen molar-refractivity contribution >= 4 is 91.7 Å². The molecule has 0 saturated carbocycles. The summed E-state index contributed by atoms with van der Waals surface area (Å²) in [6.07, 6.45) is 4.68. The molecule has 29 heteroatoms. The largest absolute Gasteiger partial charge is 0.497 e. The zero-order valence-corrected chi connectivity index (χ0v) is 82.2. The van der Waals surface area contributed by atoms with Gasteiger partial charge >= 0.3 is 0 Å². The smallest absolute Gasteiger partial charge is 0.206 e. The van der Waals surface area contributed by atoms with E-state index >= 15 is 0 Å². The van der Waals surface area contributed by atoms with E-state index in [9.17, 15) is 0 Å². The van der Waals surface area contributed by atoms with Crippen molar-refractivity contribution in [3.63, 3.8) is 0 Å². The second-order valence-electron chi connectivity index (χ2n) is 36.5. The number of ether oxygens (including phenoxy) is 1. The number of hydrogen-bond acceptors (Lipinski definition) is 25. The van der Waals surface area contributed by atoms with Crippen LogP contribution in [0.4, 0.5) is 46.0 Å². The Labute approximate surface area is 788 Å². The lowest BCUT2D eigenvalue weighted by molar-refractivity contribution is 0.415. The van der Waals surface area contributed by atoms with Gasteiger partial charge in [-0.15, -0.1) is 40.8 Å². The monoisotopic (exact) mass is 1800 g/mol. The molecular formula is C105H126N28O. The highest BCUT2D eigenvalue weighted by molar-refractivity contribution is 6.55. The molecule has 17 rings (SSSR count). The third-order valence-corrected chi connectivity index (χ3v) is 23.6. The molecule has 8 aromatic heterocycles. The van der Waals surface area contributed by atoms with Crippen LogP contribution in [0.25, 0.3) is 45.6 Å². The highest BCUT2D eigenvalue weighted by Gasteiger charge is 2.40. The minimum absolute atomic E-state index is 0.203. The second-order valence-corrected chi connectivity index (χ2v) is 36.5. The van der Waals surface area contributed by atoms with E-state index in [1.807, 2.05) is 189 Å². The van der Waals surface area contributed by atoms with Gasteiger partial charge in [0.2, 0.25) is 23.3 Å². The molecule has 5 aromatic carbocycles. The molecule has 0 amide bonds. The number of nitrogens with zero attached hydrogens (tertiary/aromatic N) is 28. The van der Waals surface area contributed by atoms with Crippen LogP contribution in [0.15, 0.2) is 222 Å². The normalized spacial score (nSPS) is 14.3. The molecule has 0 fully saturated rings. The van der Waals surface area contributed by atoms with Gasteiger partial charge in [-0.3, -0.25) is 0 Å². The Morgan fingerprint density at radius 2 is 0.627 bits per heavy atom. The number of benzene rings is 5. The van der Waals surface area contributed by atoms with Crippen molar-refractivity contribution in [3.8, 4) is 51.3 Å². The van der Waals surface area contributed by atoms with E-state index in [0.717, 1.165) is 212 Å². The van der Waals surface area contributed by atoms with E-state index in [2.05, 4.69) is 222 Å². The lowest BCUT2D eigenvalue weighted by Crippen LogP contribution is -2.27. The van der Waals surface area contributed by atoms with Crippen LogP contribution in [-0.4, -0.2) is 185 Å². The van der Waals surface area contributed by atoms with E-state index in [0.29, 0.717) is 40.7 Å². The first-order valence-electron chi connectivity index (χ1n) is 46.8. The van der Waals surface area contributed by atoms with Crippen LogP contribution >= 0.6 is 0 Å². The highest BCUT2D eigenvalue weighted by atomic mass is 16.5.